The minimum Gasteiger partial charge on any atom is -0.347 e. The molecule has 0 fully saturated rings. The zero-order valence-electron chi connectivity index (χ0n) is 16.5. The lowest BCUT2D eigenvalue weighted by Crippen LogP contribution is -2.40. The fourth-order valence-corrected chi connectivity index (χ4v) is 3.38. The van der Waals surface area contributed by atoms with E-state index >= 15 is 0 Å². The fourth-order valence-electron chi connectivity index (χ4n) is 3.38. The lowest BCUT2D eigenvalue weighted by atomic mass is 9.83. The van der Waals surface area contributed by atoms with Crippen molar-refractivity contribution in [2.24, 2.45) is 0 Å². The van der Waals surface area contributed by atoms with Crippen LogP contribution in [0.15, 0.2) is 42.5 Å². The number of nitrogens with zero attached hydrogens (tertiary/aromatic N) is 1. The van der Waals surface area contributed by atoms with Gasteiger partial charge in [0.2, 0.25) is 0 Å². The third kappa shape index (κ3) is 4.09. The highest BCUT2D eigenvalue weighted by Crippen LogP contribution is 2.31. The Morgan fingerprint density at radius 2 is 1.45 bits per heavy atom. The van der Waals surface area contributed by atoms with Crippen molar-refractivity contribution in [3.63, 3.8) is 0 Å². The molecule has 2 aromatic rings. The van der Waals surface area contributed by atoms with Gasteiger partial charge in [0.25, 0.3) is 0 Å². The Morgan fingerprint density at radius 1 is 0.828 bits per heavy atom. The van der Waals surface area contributed by atoms with Crippen molar-refractivity contribution in [3.8, 4) is 0 Å². The summed E-state index contributed by atoms with van der Waals surface area (Å²) in [6.07, 6.45) is 0. The van der Waals surface area contributed by atoms with Crippen molar-refractivity contribution in [3.05, 3.63) is 64.7 Å². The van der Waals surface area contributed by atoms with Gasteiger partial charge in [-0.1, -0.05) is 50.2 Å². The molecule has 0 saturated heterocycles. The number of carbonyl (C=O) groups excluding carboxylic acids is 4. The molecule has 2 aromatic carbocycles. The van der Waals surface area contributed by atoms with Crippen LogP contribution < -0.4 is 10.6 Å². The summed E-state index contributed by atoms with van der Waals surface area (Å²) in [5.74, 6) is -2.30. The van der Waals surface area contributed by atoms with Gasteiger partial charge in [0, 0.05) is 29.8 Å². The van der Waals surface area contributed by atoms with Gasteiger partial charge in [-0.05, 0) is 19.2 Å². The van der Waals surface area contributed by atoms with Crippen LogP contribution >= 0.6 is 0 Å². The van der Waals surface area contributed by atoms with Gasteiger partial charge in [0.15, 0.2) is 11.6 Å². The maximum atomic E-state index is 12.9. The number of carbonyl (C=O) groups is 4. The molecule has 0 spiro atoms. The van der Waals surface area contributed by atoms with E-state index in [9.17, 15) is 19.2 Å². The van der Waals surface area contributed by atoms with E-state index in [1.807, 2.05) is 13.8 Å². The summed E-state index contributed by atoms with van der Waals surface area (Å²) in [6, 6.07) is 11.2. The summed E-state index contributed by atoms with van der Waals surface area (Å²) in [4.78, 5) is 52.2. The van der Waals surface area contributed by atoms with E-state index in [0.29, 0.717) is 18.7 Å². The van der Waals surface area contributed by atoms with E-state index in [4.69, 9.17) is 0 Å². The molecule has 150 valence electrons. The lowest BCUT2D eigenvalue weighted by molar-refractivity contribution is -0.136. The summed E-state index contributed by atoms with van der Waals surface area (Å²) >= 11 is 0. The SMILES string of the molecule is CCN(CC)CCNC(=O)C(=O)Nc1cccc2c1C(=O)c1ccccc1C2=O. The Labute approximate surface area is 169 Å². The number of ketones is 2. The zero-order chi connectivity index (χ0) is 21.0. The van der Waals surface area contributed by atoms with Crippen molar-refractivity contribution >= 4 is 29.1 Å². The molecule has 2 amide bonds. The van der Waals surface area contributed by atoms with Gasteiger partial charge in [-0.3, -0.25) is 19.2 Å². The van der Waals surface area contributed by atoms with E-state index < -0.39 is 11.8 Å². The minimum absolute atomic E-state index is 0.112. The summed E-state index contributed by atoms with van der Waals surface area (Å²) in [6.45, 7) is 6.72. The number of anilines is 1. The molecular weight excluding hydrogens is 370 g/mol. The number of nitrogens with one attached hydrogen (secondary N) is 2. The average molecular weight is 393 g/mol. The molecule has 0 radical (unpaired) electrons. The van der Waals surface area contributed by atoms with Gasteiger partial charge >= 0.3 is 11.8 Å². The molecular formula is C22H23N3O4. The van der Waals surface area contributed by atoms with Crippen molar-refractivity contribution < 1.29 is 19.2 Å². The van der Waals surface area contributed by atoms with E-state index in [1.165, 1.54) is 6.07 Å². The molecule has 29 heavy (non-hydrogen) atoms. The van der Waals surface area contributed by atoms with E-state index in [1.54, 1.807) is 36.4 Å². The second kappa shape index (κ2) is 8.79. The van der Waals surface area contributed by atoms with Gasteiger partial charge < -0.3 is 15.5 Å². The van der Waals surface area contributed by atoms with Crippen LogP contribution in [-0.4, -0.2) is 54.5 Å². The number of hydrogen-bond acceptors (Lipinski definition) is 5. The molecule has 7 heteroatoms. The smallest absolute Gasteiger partial charge is 0.313 e. The largest absolute Gasteiger partial charge is 0.347 e. The van der Waals surface area contributed by atoms with Crippen LogP contribution in [0.1, 0.15) is 45.7 Å². The highest BCUT2D eigenvalue weighted by atomic mass is 16.2. The van der Waals surface area contributed by atoms with Gasteiger partial charge in [0.05, 0.1) is 11.3 Å². The number of benzene rings is 2. The third-order valence-electron chi connectivity index (χ3n) is 5.01. The average Bonchev–Trinajstić information content (AvgIpc) is 2.74. The summed E-state index contributed by atoms with van der Waals surface area (Å²) in [5, 5.41) is 5.05. The fraction of sp³-hybridized carbons (Fsp3) is 0.273. The van der Waals surface area contributed by atoms with Crippen molar-refractivity contribution in [2.75, 3.05) is 31.5 Å². The normalized spacial score (nSPS) is 12.4. The van der Waals surface area contributed by atoms with Gasteiger partial charge in [-0.2, -0.15) is 0 Å². The number of hydrogen-bond donors (Lipinski definition) is 2. The summed E-state index contributed by atoms with van der Waals surface area (Å²) in [5.41, 5.74) is 1.10. The first kappa shape index (κ1) is 20.4. The third-order valence-corrected chi connectivity index (χ3v) is 5.01. The summed E-state index contributed by atoms with van der Waals surface area (Å²) < 4.78 is 0. The van der Waals surface area contributed by atoms with E-state index in [0.717, 1.165) is 13.1 Å². The molecule has 0 aliphatic heterocycles. The van der Waals surface area contributed by atoms with Crippen LogP contribution in [0.2, 0.25) is 0 Å². The first-order valence-electron chi connectivity index (χ1n) is 9.60. The van der Waals surface area contributed by atoms with Gasteiger partial charge in [-0.15, -0.1) is 0 Å². The van der Waals surface area contributed by atoms with E-state index in [-0.39, 0.29) is 33.9 Å². The van der Waals surface area contributed by atoms with Crippen molar-refractivity contribution in [2.45, 2.75) is 13.8 Å². The topological polar surface area (TPSA) is 95.6 Å². The molecule has 0 aromatic heterocycles. The van der Waals surface area contributed by atoms with Crippen LogP contribution in [0, 0.1) is 0 Å². The zero-order valence-corrected chi connectivity index (χ0v) is 16.5. The van der Waals surface area contributed by atoms with Crippen molar-refractivity contribution in [1.29, 1.82) is 0 Å². The predicted octanol–water partition coefficient (Wildman–Crippen LogP) is 1.86. The van der Waals surface area contributed by atoms with Gasteiger partial charge in [-0.25, -0.2) is 0 Å². The molecule has 1 aliphatic carbocycles. The minimum atomic E-state index is -0.878. The first-order valence-corrected chi connectivity index (χ1v) is 9.60. The molecule has 1 aliphatic rings. The molecule has 0 atom stereocenters. The Bertz CT molecular complexity index is 980. The number of rotatable bonds is 6. The lowest BCUT2D eigenvalue weighted by Gasteiger charge is -2.20. The highest BCUT2D eigenvalue weighted by Gasteiger charge is 2.32. The molecule has 7 nitrogen and oxygen atoms in total. The van der Waals surface area contributed by atoms with E-state index in [2.05, 4.69) is 15.5 Å². The molecule has 0 heterocycles. The second-order valence-electron chi connectivity index (χ2n) is 6.67. The Morgan fingerprint density at radius 3 is 2.10 bits per heavy atom. The number of amides is 2. The molecule has 3 rings (SSSR count). The molecule has 2 N–H and O–H groups in total. The number of likely N-dealkylation sites (N-methyl/N-ethyl adjacent to an activating group) is 1. The Balaban J connectivity index is 1.76. The summed E-state index contributed by atoms with van der Waals surface area (Å²) in [7, 11) is 0. The van der Waals surface area contributed by atoms with Crippen LogP contribution in [0.3, 0.4) is 0 Å². The maximum absolute atomic E-state index is 12.9. The Kier molecular flexibility index (Phi) is 6.19. The quantitative estimate of drug-likeness (QED) is 0.623. The van der Waals surface area contributed by atoms with Gasteiger partial charge in [0.1, 0.15) is 0 Å². The van der Waals surface area contributed by atoms with Crippen LogP contribution in [0.25, 0.3) is 0 Å². The molecule has 0 bridgehead atoms. The monoisotopic (exact) mass is 393 g/mol. The highest BCUT2D eigenvalue weighted by molar-refractivity contribution is 6.40. The Hall–Kier alpha value is -3.32. The second-order valence-corrected chi connectivity index (χ2v) is 6.67. The molecule has 0 saturated carbocycles. The first-order chi connectivity index (χ1) is 14.0. The predicted molar refractivity (Wildman–Crippen MR) is 109 cm³/mol. The van der Waals surface area contributed by atoms with Crippen LogP contribution in [0.4, 0.5) is 5.69 Å². The van der Waals surface area contributed by atoms with Crippen LogP contribution in [0.5, 0.6) is 0 Å². The van der Waals surface area contributed by atoms with Crippen molar-refractivity contribution in [1.82, 2.24) is 10.2 Å². The molecule has 0 unspecified atom stereocenters. The van der Waals surface area contributed by atoms with Crippen LogP contribution in [-0.2, 0) is 9.59 Å². The number of fused-ring (bicyclic) bond motifs is 2. The maximum Gasteiger partial charge on any atom is 0.313 e. The standard InChI is InChI=1S/C22H23N3O4/c1-3-25(4-2)13-12-23-21(28)22(29)24-17-11-7-10-16-18(17)20(27)15-9-6-5-8-14(15)19(16)26/h5-11H,3-4,12-13H2,1-2H3,(H,23,28)(H,24,29).